The summed E-state index contributed by atoms with van der Waals surface area (Å²) in [6.07, 6.45) is 1.73. The van der Waals surface area contributed by atoms with Gasteiger partial charge >= 0.3 is 0 Å². The lowest BCUT2D eigenvalue weighted by molar-refractivity contribution is -0.130. The van der Waals surface area contributed by atoms with Gasteiger partial charge in [0.25, 0.3) is 0 Å². The van der Waals surface area contributed by atoms with E-state index in [0.717, 1.165) is 50.0 Å². The average molecular weight is 553 g/mol. The first-order valence-corrected chi connectivity index (χ1v) is 10.7. The number of benzene rings is 1. The number of hydrogen-bond donors (Lipinski definition) is 1. The molecule has 0 unspecified atom stereocenters. The topological polar surface area (TPSA) is 79.3 Å². The van der Waals surface area contributed by atoms with Gasteiger partial charge in [-0.15, -0.1) is 24.0 Å². The first-order chi connectivity index (χ1) is 15.1. The number of nitrogens with one attached hydrogen (secondary N) is 1. The van der Waals surface area contributed by atoms with Crippen LogP contribution in [0.2, 0.25) is 0 Å². The lowest BCUT2D eigenvalue weighted by Gasteiger charge is -2.36. The predicted molar refractivity (Wildman–Crippen MR) is 136 cm³/mol. The number of guanidine groups is 1. The van der Waals surface area contributed by atoms with Crippen LogP contribution in [0.15, 0.2) is 47.6 Å². The van der Waals surface area contributed by atoms with Crippen LogP contribution in [0.25, 0.3) is 0 Å². The van der Waals surface area contributed by atoms with Crippen molar-refractivity contribution in [1.29, 1.82) is 0 Å². The van der Waals surface area contributed by atoms with E-state index in [1.807, 2.05) is 48.2 Å². The lowest BCUT2D eigenvalue weighted by Crippen LogP contribution is -2.53. The van der Waals surface area contributed by atoms with E-state index in [0.29, 0.717) is 24.8 Å². The summed E-state index contributed by atoms with van der Waals surface area (Å²) in [7, 11) is 0. The molecule has 3 rings (SSSR count). The van der Waals surface area contributed by atoms with Crippen molar-refractivity contribution in [2.24, 2.45) is 4.99 Å². The molecule has 0 radical (unpaired) electrons. The highest BCUT2D eigenvalue weighted by Crippen LogP contribution is 2.23. The smallest absolute Gasteiger partial charge is 0.219 e. The molecular formula is C23H32IN5O3. The molecule has 0 spiro atoms. The van der Waals surface area contributed by atoms with Crippen molar-refractivity contribution in [3.8, 4) is 17.4 Å². The van der Waals surface area contributed by atoms with Gasteiger partial charge in [-0.25, -0.2) is 9.98 Å². The van der Waals surface area contributed by atoms with Gasteiger partial charge in [-0.1, -0.05) is 0 Å². The Morgan fingerprint density at radius 1 is 1.06 bits per heavy atom. The minimum absolute atomic E-state index is 0. The molecular weight excluding hydrogens is 521 g/mol. The Balaban J connectivity index is 0.00000363. The molecule has 1 N–H and O–H groups in total. The summed E-state index contributed by atoms with van der Waals surface area (Å²) < 4.78 is 11.3. The summed E-state index contributed by atoms with van der Waals surface area (Å²) in [6.45, 7) is 10.5. The SMILES string of the molecule is CCNC(=NCc1ccnc(Oc2ccc(OCC)cc2)c1)N1CCN(C(C)=O)CC1.I. The molecule has 1 fully saturated rings. The van der Waals surface area contributed by atoms with E-state index in [9.17, 15) is 4.79 Å². The summed E-state index contributed by atoms with van der Waals surface area (Å²) >= 11 is 0. The van der Waals surface area contributed by atoms with E-state index in [1.165, 1.54) is 0 Å². The lowest BCUT2D eigenvalue weighted by atomic mass is 10.2. The number of pyridine rings is 1. The zero-order valence-corrected chi connectivity index (χ0v) is 21.2. The molecule has 2 aromatic rings. The van der Waals surface area contributed by atoms with Crippen molar-refractivity contribution in [3.05, 3.63) is 48.2 Å². The molecule has 2 heterocycles. The van der Waals surface area contributed by atoms with E-state index in [1.54, 1.807) is 13.1 Å². The number of ether oxygens (including phenoxy) is 2. The van der Waals surface area contributed by atoms with Crippen LogP contribution in [0.3, 0.4) is 0 Å². The Labute approximate surface area is 207 Å². The van der Waals surface area contributed by atoms with Crippen molar-refractivity contribution < 1.29 is 14.3 Å². The van der Waals surface area contributed by atoms with Gasteiger partial charge in [-0.3, -0.25) is 4.79 Å². The van der Waals surface area contributed by atoms with Crippen molar-refractivity contribution in [2.75, 3.05) is 39.3 Å². The Morgan fingerprint density at radius 2 is 1.72 bits per heavy atom. The van der Waals surface area contributed by atoms with Crippen LogP contribution < -0.4 is 14.8 Å². The van der Waals surface area contributed by atoms with Crippen molar-refractivity contribution in [1.82, 2.24) is 20.1 Å². The molecule has 32 heavy (non-hydrogen) atoms. The Kier molecular flexibility index (Phi) is 10.5. The zero-order chi connectivity index (χ0) is 22.1. The molecule has 1 aliphatic heterocycles. The highest BCUT2D eigenvalue weighted by Gasteiger charge is 2.20. The maximum Gasteiger partial charge on any atom is 0.219 e. The molecule has 1 amide bonds. The molecule has 8 nitrogen and oxygen atoms in total. The fraction of sp³-hybridized carbons (Fsp3) is 0.435. The predicted octanol–water partition coefficient (Wildman–Crippen LogP) is 3.52. The molecule has 0 aliphatic carbocycles. The van der Waals surface area contributed by atoms with Gasteiger partial charge in [0.1, 0.15) is 11.5 Å². The number of rotatable bonds is 7. The molecule has 1 aromatic carbocycles. The average Bonchev–Trinajstić information content (AvgIpc) is 2.78. The Hall–Kier alpha value is -2.56. The molecule has 174 valence electrons. The minimum atomic E-state index is 0. The minimum Gasteiger partial charge on any atom is -0.494 e. The number of piperazine rings is 1. The van der Waals surface area contributed by atoms with E-state index >= 15 is 0 Å². The van der Waals surface area contributed by atoms with Crippen molar-refractivity contribution in [2.45, 2.75) is 27.3 Å². The highest BCUT2D eigenvalue weighted by atomic mass is 127. The van der Waals surface area contributed by atoms with Crippen LogP contribution in [-0.2, 0) is 11.3 Å². The number of amides is 1. The first kappa shape index (κ1) is 25.7. The largest absolute Gasteiger partial charge is 0.494 e. The van der Waals surface area contributed by atoms with Crippen LogP contribution >= 0.6 is 24.0 Å². The second-order valence-corrected chi connectivity index (χ2v) is 7.17. The molecule has 1 aromatic heterocycles. The monoisotopic (exact) mass is 553 g/mol. The first-order valence-electron chi connectivity index (χ1n) is 10.7. The number of halogens is 1. The number of nitrogens with zero attached hydrogens (tertiary/aromatic N) is 4. The summed E-state index contributed by atoms with van der Waals surface area (Å²) in [4.78, 5) is 24.7. The third-order valence-corrected chi connectivity index (χ3v) is 4.93. The maximum atomic E-state index is 11.6. The summed E-state index contributed by atoms with van der Waals surface area (Å²) in [5, 5.41) is 3.35. The van der Waals surface area contributed by atoms with E-state index in [-0.39, 0.29) is 29.9 Å². The molecule has 1 aliphatic rings. The molecule has 0 atom stereocenters. The van der Waals surface area contributed by atoms with Crippen LogP contribution in [0.5, 0.6) is 17.4 Å². The second-order valence-electron chi connectivity index (χ2n) is 7.17. The van der Waals surface area contributed by atoms with Crippen LogP contribution in [-0.4, -0.2) is 66.0 Å². The number of carbonyl (C=O) groups excluding carboxylic acids is 1. The van der Waals surface area contributed by atoms with Gasteiger partial charge in [-0.05, 0) is 49.7 Å². The number of aromatic nitrogens is 1. The van der Waals surface area contributed by atoms with Gasteiger partial charge in [0, 0.05) is 51.9 Å². The Bertz CT molecular complexity index is 883. The third-order valence-electron chi connectivity index (χ3n) is 4.93. The van der Waals surface area contributed by atoms with Gasteiger partial charge < -0.3 is 24.6 Å². The fourth-order valence-corrected chi connectivity index (χ4v) is 3.32. The van der Waals surface area contributed by atoms with Crippen molar-refractivity contribution in [3.63, 3.8) is 0 Å². The van der Waals surface area contributed by atoms with Crippen LogP contribution in [0.1, 0.15) is 26.3 Å². The number of hydrogen-bond acceptors (Lipinski definition) is 5. The highest BCUT2D eigenvalue weighted by molar-refractivity contribution is 14.0. The molecule has 9 heteroatoms. The maximum absolute atomic E-state index is 11.6. The second kappa shape index (κ2) is 13.1. The number of carbonyl (C=O) groups is 1. The van der Waals surface area contributed by atoms with Crippen molar-refractivity contribution >= 4 is 35.8 Å². The fourth-order valence-electron chi connectivity index (χ4n) is 3.32. The standard InChI is InChI=1S/C23H31N5O3.HI/c1-4-24-23(28-14-12-27(13-15-28)18(3)29)26-17-19-10-11-25-22(16-19)31-21-8-6-20(7-9-21)30-5-2;/h6-11,16H,4-5,12-15,17H2,1-3H3,(H,24,26);1H. The third kappa shape index (κ3) is 7.54. The summed E-state index contributed by atoms with van der Waals surface area (Å²) in [5.41, 5.74) is 1.01. The zero-order valence-electron chi connectivity index (χ0n) is 18.9. The molecule has 1 saturated heterocycles. The van der Waals surface area contributed by atoms with E-state index in [4.69, 9.17) is 14.5 Å². The van der Waals surface area contributed by atoms with Crippen LogP contribution in [0, 0.1) is 0 Å². The van der Waals surface area contributed by atoms with E-state index < -0.39 is 0 Å². The van der Waals surface area contributed by atoms with E-state index in [2.05, 4.69) is 22.1 Å². The van der Waals surface area contributed by atoms with Gasteiger partial charge in [0.2, 0.25) is 11.8 Å². The Morgan fingerprint density at radius 3 is 2.34 bits per heavy atom. The quantitative estimate of drug-likeness (QED) is 0.321. The molecule has 0 saturated carbocycles. The van der Waals surface area contributed by atoms with Crippen LogP contribution in [0.4, 0.5) is 0 Å². The summed E-state index contributed by atoms with van der Waals surface area (Å²) in [6, 6.07) is 11.3. The number of aliphatic imine (C=N–C) groups is 1. The summed E-state index contributed by atoms with van der Waals surface area (Å²) in [5.74, 6) is 3.02. The normalized spacial score (nSPS) is 13.9. The van der Waals surface area contributed by atoms with Gasteiger partial charge in [0.15, 0.2) is 5.96 Å². The molecule has 0 bridgehead atoms. The van der Waals surface area contributed by atoms with Gasteiger partial charge in [-0.2, -0.15) is 0 Å². The van der Waals surface area contributed by atoms with Gasteiger partial charge in [0.05, 0.1) is 13.2 Å².